The minimum Gasteiger partial charge on any atom is -0.454 e. The van der Waals surface area contributed by atoms with Crippen molar-refractivity contribution in [1.82, 2.24) is 4.98 Å². The molecule has 0 aliphatic carbocycles. The van der Waals surface area contributed by atoms with Gasteiger partial charge in [0.25, 0.3) is 6.43 Å². The number of aromatic amines is 1. The molecule has 0 bridgehead atoms. The summed E-state index contributed by atoms with van der Waals surface area (Å²) in [6.45, 7) is 0. The molecule has 3 rings (SSSR count). The van der Waals surface area contributed by atoms with Gasteiger partial charge in [-0.15, -0.1) is 0 Å². The average molecular weight is 338 g/mol. The summed E-state index contributed by atoms with van der Waals surface area (Å²) in [5.74, 6) is -5.13. The zero-order valence-electron chi connectivity index (χ0n) is 11.7. The van der Waals surface area contributed by atoms with E-state index in [4.69, 9.17) is 10.00 Å². The molecule has 0 saturated heterocycles. The first-order valence-corrected chi connectivity index (χ1v) is 6.57. The topological polar surface area (TPSA) is 48.8 Å². The molecule has 0 saturated carbocycles. The van der Waals surface area contributed by atoms with Crippen molar-refractivity contribution < 1.29 is 26.7 Å². The second-order valence-corrected chi connectivity index (χ2v) is 4.79. The lowest BCUT2D eigenvalue weighted by Gasteiger charge is -2.14. The van der Waals surface area contributed by atoms with Crippen LogP contribution in [0, 0.1) is 28.8 Å². The molecule has 8 heteroatoms. The standard InChI is InChI=1S/C16H7F5N2O/c17-10-2-1-8(5-7(10)6-22)24-15-11(16(20)21)9-3-4-23-14(9)12(18)13(15)19/h1-5,16,23H. The summed E-state index contributed by atoms with van der Waals surface area (Å²) in [5.41, 5.74) is -1.67. The van der Waals surface area contributed by atoms with Crippen molar-refractivity contribution in [2.45, 2.75) is 6.43 Å². The molecule has 122 valence electrons. The van der Waals surface area contributed by atoms with Crippen LogP contribution in [0.1, 0.15) is 17.6 Å². The van der Waals surface area contributed by atoms with Gasteiger partial charge in [-0.3, -0.25) is 0 Å². The Balaban J connectivity index is 2.21. The van der Waals surface area contributed by atoms with Crippen LogP contribution >= 0.6 is 0 Å². The molecule has 3 nitrogen and oxygen atoms in total. The fourth-order valence-corrected chi connectivity index (χ4v) is 2.31. The highest BCUT2D eigenvalue weighted by molar-refractivity contribution is 5.86. The summed E-state index contributed by atoms with van der Waals surface area (Å²) in [6.07, 6.45) is -1.96. The maximum Gasteiger partial charge on any atom is 0.268 e. The van der Waals surface area contributed by atoms with Crippen molar-refractivity contribution in [1.29, 1.82) is 5.26 Å². The quantitative estimate of drug-likeness (QED) is 0.668. The van der Waals surface area contributed by atoms with Crippen LogP contribution < -0.4 is 4.74 Å². The van der Waals surface area contributed by atoms with E-state index in [9.17, 15) is 22.0 Å². The Morgan fingerprint density at radius 1 is 1.08 bits per heavy atom. The van der Waals surface area contributed by atoms with Gasteiger partial charge < -0.3 is 9.72 Å². The van der Waals surface area contributed by atoms with Crippen LogP contribution in [0.15, 0.2) is 30.5 Å². The first-order valence-electron chi connectivity index (χ1n) is 6.57. The summed E-state index contributed by atoms with van der Waals surface area (Å²) in [6, 6.07) is 5.48. The van der Waals surface area contributed by atoms with E-state index in [1.165, 1.54) is 12.3 Å². The number of fused-ring (bicyclic) bond motifs is 1. The monoisotopic (exact) mass is 338 g/mol. The van der Waals surface area contributed by atoms with Crippen LogP contribution in [-0.4, -0.2) is 4.98 Å². The average Bonchev–Trinajstić information content (AvgIpc) is 3.03. The van der Waals surface area contributed by atoms with Crippen molar-refractivity contribution in [3.05, 3.63) is 59.0 Å². The minimum atomic E-state index is -3.15. The highest BCUT2D eigenvalue weighted by atomic mass is 19.3. The Bertz CT molecular complexity index is 975. The number of nitrogens with zero attached hydrogens (tertiary/aromatic N) is 1. The van der Waals surface area contributed by atoms with Crippen molar-refractivity contribution in [3.63, 3.8) is 0 Å². The van der Waals surface area contributed by atoms with E-state index >= 15 is 0 Å². The summed E-state index contributed by atoms with van der Waals surface area (Å²) >= 11 is 0. The molecule has 1 N–H and O–H groups in total. The van der Waals surface area contributed by atoms with Crippen LogP contribution in [0.5, 0.6) is 11.5 Å². The number of nitriles is 1. The van der Waals surface area contributed by atoms with Crippen LogP contribution in [0.3, 0.4) is 0 Å². The number of H-pyrrole nitrogens is 1. The SMILES string of the molecule is N#Cc1cc(Oc2c(F)c(F)c3[nH]ccc3c2C(F)F)ccc1F. The number of rotatable bonds is 3. The highest BCUT2D eigenvalue weighted by Gasteiger charge is 2.27. The Labute approximate surface area is 131 Å². The Hall–Kier alpha value is -3.08. The fraction of sp³-hybridized carbons (Fsp3) is 0.0625. The van der Waals surface area contributed by atoms with Crippen LogP contribution in [0.4, 0.5) is 22.0 Å². The molecule has 1 heterocycles. The van der Waals surface area contributed by atoms with Crippen LogP contribution in [-0.2, 0) is 0 Å². The van der Waals surface area contributed by atoms with E-state index in [1.54, 1.807) is 0 Å². The smallest absolute Gasteiger partial charge is 0.268 e. The Morgan fingerprint density at radius 3 is 2.50 bits per heavy atom. The molecule has 0 fully saturated rings. The van der Waals surface area contributed by atoms with E-state index in [0.29, 0.717) is 0 Å². The van der Waals surface area contributed by atoms with Gasteiger partial charge in [-0.2, -0.15) is 9.65 Å². The van der Waals surface area contributed by atoms with E-state index in [-0.39, 0.29) is 11.1 Å². The lowest BCUT2D eigenvalue weighted by molar-refractivity contribution is 0.149. The first kappa shape index (κ1) is 15.8. The predicted molar refractivity (Wildman–Crippen MR) is 74.4 cm³/mol. The van der Waals surface area contributed by atoms with E-state index in [2.05, 4.69) is 4.98 Å². The van der Waals surface area contributed by atoms with Gasteiger partial charge in [-0.1, -0.05) is 0 Å². The minimum absolute atomic E-state index is 0.235. The van der Waals surface area contributed by atoms with Crippen molar-refractivity contribution in [2.75, 3.05) is 0 Å². The second-order valence-electron chi connectivity index (χ2n) is 4.79. The number of hydrogen-bond acceptors (Lipinski definition) is 2. The van der Waals surface area contributed by atoms with Gasteiger partial charge in [0, 0.05) is 17.6 Å². The number of alkyl halides is 2. The largest absolute Gasteiger partial charge is 0.454 e. The molecule has 0 aliphatic heterocycles. The third kappa shape index (κ3) is 2.44. The summed E-state index contributed by atoms with van der Waals surface area (Å²) in [4.78, 5) is 2.34. The van der Waals surface area contributed by atoms with Crippen LogP contribution in [0.2, 0.25) is 0 Å². The van der Waals surface area contributed by atoms with E-state index in [1.807, 2.05) is 0 Å². The predicted octanol–water partition coefficient (Wildman–Crippen LogP) is 5.19. The zero-order valence-corrected chi connectivity index (χ0v) is 11.7. The molecule has 0 aliphatic rings. The summed E-state index contributed by atoms with van der Waals surface area (Å²) in [7, 11) is 0. The lowest BCUT2D eigenvalue weighted by atomic mass is 10.1. The molecule has 0 unspecified atom stereocenters. The number of nitrogens with one attached hydrogen (secondary N) is 1. The maximum atomic E-state index is 14.2. The summed E-state index contributed by atoms with van der Waals surface area (Å²) < 4.78 is 73.2. The highest BCUT2D eigenvalue weighted by Crippen LogP contribution is 2.41. The van der Waals surface area contributed by atoms with Crippen molar-refractivity contribution in [3.8, 4) is 17.6 Å². The van der Waals surface area contributed by atoms with Gasteiger partial charge in [-0.05, 0) is 18.2 Å². The van der Waals surface area contributed by atoms with Gasteiger partial charge in [0.2, 0.25) is 5.82 Å². The fourth-order valence-electron chi connectivity index (χ4n) is 2.31. The van der Waals surface area contributed by atoms with Gasteiger partial charge in [0.1, 0.15) is 17.6 Å². The van der Waals surface area contributed by atoms with Crippen molar-refractivity contribution in [2.24, 2.45) is 0 Å². The third-order valence-corrected chi connectivity index (χ3v) is 3.39. The molecular formula is C16H7F5N2O. The molecule has 0 atom stereocenters. The Kier molecular flexibility index (Phi) is 3.85. The number of aromatic nitrogens is 1. The molecule has 3 aromatic rings. The number of halogens is 5. The number of ether oxygens (including phenoxy) is 1. The molecule has 0 spiro atoms. The van der Waals surface area contributed by atoms with Crippen molar-refractivity contribution >= 4 is 10.9 Å². The molecular weight excluding hydrogens is 331 g/mol. The molecule has 2 aromatic carbocycles. The first-order chi connectivity index (χ1) is 11.4. The Morgan fingerprint density at radius 2 is 1.83 bits per heavy atom. The molecule has 24 heavy (non-hydrogen) atoms. The second kappa shape index (κ2) is 5.85. The van der Waals surface area contributed by atoms with Gasteiger partial charge in [0.05, 0.1) is 16.6 Å². The van der Waals surface area contributed by atoms with Gasteiger partial charge in [0.15, 0.2) is 11.6 Å². The molecule has 0 amide bonds. The summed E-state index contributed by atoms with van der Waals surface area (Å²) in [5, 5.41) is 8.53. The maximum absolute atomic E-state index is 14.2. The van der Waals surface area contributed by atoms with Gasteiger partial charge >= 0.3 is 0 Å². The normalized spacial score (nSPS) is 11.0. The molecule has 1 aromatic heterocycles. The van der Waals surface area contributed by atoms with E-state index in [0.717, 1.165) is 24.3 Å². The number of benzene rings is 2. The third-order valence-electron chi connectivity index (χ3n) is 3.39. The number of hydrogen-bond donors (Lipinski definition) is 1. The lowest BCUT2D eigenvalue weighted by Crippen LogP contribution is -2.01. The molecule has 0 radical (unpaired) electrons. The zero-order chi connectivity index (χ0) is 17.4. The van der Waals surface area contributed by atoms with Gasteiger partial charge in [-0.25, -0.2) is 17.6 Å². The van der Waals surface area contributed by atoms with E-state index < -0.39 is 46.3 Å². The van der Waals surface area contributed by atoms with Crippen LogP contribution in [0.25, 0.3) is 10.9 Å².